The summed E-state index contributed by atoms with van der Waals surface area (Å²) in [5.41, 5.74) is 8.91. The van der Waals surface area contributed by atoms with E-state index in [4.69, 9.17) is 17.3 Å². The average Bonchev–Trinajstić information content (AvgIpc) is 2.34. The van der Waals surface area contributed by atoms with Crippen LogP contribution in [0.3, 0.4) is 0 Å². The highest BCUT2D eigenvalue weighted by Gasteiger charge is 2.12. The Kier molecular flexibility index (Phi) is 3.71. The lowest BCUT2D eigenvalue weighted by molar-refractivity contribution is 0.102. The van der Waals surface area contributed by atoms with Crippen LogP contribution in [0.5, 0.6) is 0 Å². The van der Waals surface area contributed by atoms with Gasteiger partial charge in [-0.15, -0.1) is 0 Å². The molecule has 98 valence electrons. The van der Waals surface area contributed by atoms with E-state index in [1.165, 1.54) is 6.20 Å². The monoisotopic (exact) mass is 275 g/mol. The van der Waals surface area contributed by atoms with Crippen LogP contribution in [0, 0.1) is 13.8 Å². The molecule has 1 amide bonds. The number of halogens is 1. The summed E-state index contributed by atoms with van der Waals surface area (Å²) in [5, 5.41) is 3.28. The third-order valence-electron chi connectivity index (χ3n) is 2.69. The molecular formula is C14H14ClN3O. The molecule has 4 nitrogen and oxygen atoms in total. The number of rotatable bonds is 2. The van der Waals surface area contributed by atoms with Gasteiger partial charge >= 0.3 is 0 Å². The quantitative estimate of drug-likeness (QED) is 0.884. The maximum atomic E-state index is 12.0. The summed E-state index contributed by atoms with van der Waals surface area (Å²) in [7, 11) is 0. The van der Waals surface area contributed by atoms with Crippen molar-refractivity contribution >= 4 is 28.9 Å². The van der Waals surface area contributed by atoms with Gasteiger partial charge < -0.3 is 11.1 Å². The van der Waals surface area contributed by atoms with Crippen LogP contribution in [0.15, 0.2) is 30.5 Å². The van der Waals surface area contributed by atoms with E-state index in [1.54, 1.807) is 18.2 Å². The number of amides is 1. The fraction of sp³-hybridized carbons (Fsp3) is 0.143. The second-order valence-electron chi connectivity index (χ2n) is 4.37. The maximum absolute atomic E-state index is 12.0. The van der Waals surface area contributed by atoms with Gasteiger partial charge in [-0.25, -0.2) is 4.98 Å². The van der Waals surface area contributed by atoms with Gasteiger partial charge in [0.1, 0.15) is 5.69 Å². The molecule has 1 heterocycles. The predicted molar refractivity (Wildman–Crippen MR) is 77.5 cm³/mol. The van der Waals surface area contributed by atoms with Crippen molar-refractivity contribution in [2.24, 2.45) is 0 Å². The minimum Gasteiger partial charge on any atom is -0.397 e. The number of aryl methyl sites for hydroxylation is 2. The van der Waals surface area contributed by atoms with E-state index in [2.05, 4.69) is 10.3 Å². The van der Waals surface area contributed by atoms with E-state index < -0.39 is 0 Å². The number of nitrogens with one attached hydrogen (secondary N) is 1. The third kappa shape index (κ3) is 3.03. The Hall–Kier alpha value is -2.07. The Labute approximate surface area is 116 Å². The van der Waals surface area contributed by atoms with Crippen molar-refractivity contribution < 1.29 is 4.79 Å². The smallest absolute Gasteiger partial charge is 0.274 e. The first-order valence-electron chi connectivity index (χ1n) is 5.77. The Balaban J connectivity index is 2.26. The van der Waals surface area contributed by atoms with E-state index >= 15 is 0 Å². The molecule has 0 aliphatic rings. The zero-order valence-electron chi connectivity index (χ0n) is 10.7. The molecular weight excluding hydrogens is 262 g/mol. The van der Waals surface area contributed by atoms with Gasteiger partial charge in [0.25, 0.3) is 5.91 Å². The molecule has 0 unspecified atom stereocenters. The molecule has 0 atom stereocenters. The highest BCUT2D eigenvalue weighted by molar-refractivity contribution is 6.34. The summed E-state index contributed by atoms with van der Waals surface area (Å²) in [6, 6.07) is 6.96. The largest absolute Gasteiger partial charge is 0.397 e. The number of hydrogen-bond donors (Lipinski definition) is 2. The first kappa shape index (κ1) is 13.4. The van der Waals surface area contributed by atoms with Crippen LogP contribution in [0.25, 0.3) is 0 Å². The first-order chi connectivity index (χ1) is 8.97. The molecule has 0 saturated carbocycles. The van der Waals surface area contributed by atoms with E-state index in [0.717, 1.165) is 11.1 Å². The lowest BCUT2D eigenvalue weighted by Gasteiger charge is -2.11. The highest BCUT2D eigenvalue weighted by atomic mass is 35.5. The van der Waals surface area contributed by atoms with Crippen molar-refractivity contribution in [2.75, 3.05) is 11.1 Å². The number of nitrogen functional groups attached to an aromatic ring is 1. The van der Waals surface area contributed by atoms with Gasteiger partial charge in [0, 0.05) is 0 Å². The maximum Gasteiger partial charge on any atom is 0.274 e. The fourth-order valence-electron chi connectivity index (χ4n) is 1.79. The van der Waals surface area contributed by atoms with E-state index in [9.17, 15) is 4.79 Å². The molecule has 0 aliphatic heterocycles. The van der Waals surface area contributed by atoms with Gasteiger partial charge in [-0.3, -0.25) is 4.79 Å². The fourth-order valence-corrected chi connectivity index (χ4v) is 2.16. The molecule has 19 heavy (non-hydrogen) atoms. The normalized spacial score (nSPS) is 10.3. The Bertz CT molecular complexity index is 600. The van der Waals surface area contributed by atoms with Crippen LogP contribution < -0.4 is 11.1 Å². The molecule has 0 saturated heterocycles. The lowest BCUT2D eigenvalue weighted by atomic mass is 10.1. The number of nitrogens with zero attached hydrogens (tertiary/aromatic N) is 1. The molecule has 0 aliphatic carbocycles. The minimum atomic E-state index is -0.311. The summed E-state index contributed by atoms with van der Waals surface area (Å²) in [6.07, 6.45) is 1.44. The van der Waals surface area contributed by atoms with Gasteiger partial charge in [-0.2, -0.15) is 0 Å². The number of nitrogens with two attached hydrogens (primary N) is 1. The standard InChI is InChI=1S/C14H14ClN3O/c1-8-5-9(2)13(11(15)6-8)18-14(19)12-4-3-10(16)7-17-12/h3-7H,16H2,1-2H3,(H,18,19). The molecule has 3 N–H and O–H groups in total. The summed E-state index contributed by atoms with van der Waals surface area (Å²) < 4.78 is 0. The van der Waals surface area contributed by atoms with Crippen molar-refractivity contribution in [3.63, 3.8) is 0 Å². The zero-order valence-corrected chi connectivity index (χ0v) is 11.5. The van der Waals surface area contributed by atoms with Crippen molar-refractivity contribution in [3.05, 3.63) is 52.3 Å². The Morgan fingerprint density at radius 3 is 2.63 bits per heavy atom. The lowest BCUT2D eigenvalue weighted by Crippen LogP contribution is -2.15. The average molecular weight is 276 g/mol. The third-order valence-corrected chi connectivity index (χ3v) is 2.99. The molecule has 2 rings (SSSR count). The van der Waals surface area contributed by atoms with E-state index in [0.29, 0.717) is 22.1 Å². The van der Waals surface area contributed by atoms with Gasteiger partial charge in [0.2, 0.25) is 0 Å². The molecule has 0 fully saturated rings. The predicted octanol–water partition coefficient (Wildman–Crippen LogP) is 3.19. The van der Waals surface area contributed by atoms with E-state index in [-0.39, 0.29) is 5.91 Å². The Morgan fingerprint density at radius 1 is 1.32 bits per heavy atom. The van der Waals surface area contributed by atoms with Crippen molar-refractivity contribution in [3.8, 4) is 0 Å². The second kappa shape index (κ2) is 5.28. The van der Waals surface area contributed by atoms with Crippen LogP contribution in [-0.4, -0.2) is 10.9 Å². The topological polar surface area (TPSA) is 68.0 Å². The Morgan fingerprint density at radius 2 is 2.05 bits per heavy atom. The van der Waals surface area contributed by atoms with Gasteiger partial charge in [0.15, 0.2) is 0 Å². The number of carbonyl (C=O) groups excluding carboxylic acids is 1. The number of aromatic nitrogens is 1. The number of anilines is 2. The summed E-state index contributed by atoms with van der Waals surface area (Å²) >= 11 is 6.14. The van der Waals surface area contributed by atoms with Crippen LogP contribution in [0.1, 0.15) is 21.6 Å². The van der Waals surface area contributed by atoms with Crippen LogP contribution in [0.2, 0.25) is 5.02 Å². The van der Waals surface area contributed by atoms with Gasteiger partial charge in [-0.1, -0.05) is 17.7 Å². The van der Waals surface area contributed by atoms with Crippen LogP contribution >= 0.6 is 11.6 Å². The van der Waals surface area contributed by atoms with Crippen molar-refractivity contribution in [2.45, 2.75) is 13.8 Å². The van der Waals surface area contributed by atoms with Gasteiger partial charge in [0.05, 0.1) is 22.6 Å². The summed E-state index contributed by atoms with van der Waals surface area (Å²) in [6.45, 7) is 3.84. The molecule has 2 aromatic rings. The highest BCUT2D eigenvalue weighted by Crippen LogP contribution is 2.27. The number of hydrogen-bond acceptors (Lipinski definition) is 3. The van der Waals surface area contributed by atoms with Crippen molar-refractivity contribution in [1.29, 1.82) is 0 Å². The number of carbonyl (C=O) groups is 1. The summed E-state index contributed by atoms with van der Waals surface area (Å²) in [4.78, 5) is 16.0. The summed E-state index contributed by atoms with van der Waals surface area (Å²) in [5.74, 6) is -0.311. The molecule has 0 spiro atoms. The SMILES string of the molecule is Cc1cc(C)c(NC(=O)c2ccc(N)cn2)c(Cl)c1. The van der Waals surface area contributed by atoms with Gasteiger partial charge in [-0.05, 0) is 43.2 Å². The van der Waals surface area contributed by atoms with Crippen LogP contribution in [-0.2, 0) is 0 Å². The molecule has 5 heteroatoms. The zero-order chi connectivity index (χ0) is 14.0. The molecule has 1 aromatic carbocycles. The van der Waals surface area contributed by atoms with Crippen LogP contribution in [0.4, 0.5) is 11.4 Å². The van der Waals surface area contributed by atoms with E-state index in [1.807, 2.05) is 19.9 Å². The first-order valence-corrected chi connectivity index (χ1v) is 6.15. The second-order valence-corrected chi connectivity index (χ2v) is 4.78. The molecule has 0 radical (unpaired) electrons. The van der Waals surface area contributed by atoms with Crippen molar-refractivity contribution in [1.82, 2.24) is 4.98 Å². The molecule has 0 bridgehead atoms. The minimum absolute atomic E-state index is 0.297. The number of pyridine rings is 1. The molecule has 1 aromatic heterocycles. The number of benzene rings is 1.